The Morgan fingerprint density at radius 1 is 1.10 bits per heavy atom. The van der Waals surface area contributed by atoms with Gasteiger partial charge in [-0.25, -0.2) is 4.98 Å². The summed E-state index contributed by atoms with van der Waals surface area (Å²) in [4.78, 5) is 36.8. The van der Waals surface area contributed by atoms with Crippen LogP contribution < -0.4 is 5.32 Å². The summed E-state index contributed by atoms with van der Waals surface area (Å²) >= 11 is 1.51. The number of ether oxygens (including phenoxy) is 2. The van der Waals surface area contributed by atoms with Crippen molar-refractivity contribution in [2.24, 2.45) is 0 Å². The van der Waals surface area contributed by atoms with Crippen LogP contribution in [0.15, 0.2) is 66.3 Å². The Balaban J connectivity index is 1.08. The summed E-state index contributed by atoms with van der Waals surface area (Å²) in [5.41, 5.74) is 2.33. The molecule has 1 aliphatic carbocycles. The third-order valence-corrected chi connectivity index (χ3v) is 8.86. The number of thiophene rings is 1. The first-order valence-electron chi connectivity index (χ1n) is 13.4. The van der Waals surface area contributed by atoms with E-state index in [0.29, 0.717) is 36.4 Å². The Hall–Kier alpha value is -3.93. The van der Waals surface area contributed by atoms with Crippen molar-refractivity contribution in [3.05, 3.63) is 87.9 Å². The maximum absolute atomic E-state index is 15.0. The molecular weight excluding hydrogens is 550 g/mol. The first-order valence-corrected chi connectivity index (χ1v) is 14.2. The van der Waals surface area contributed by atoms with Gasteiger partial charge in [-0.05, 0) is 22.8 Å². The van der Waals surface area contributed by atoms with Crippen molar-refractivity contribution in [3.63, 3.8) is 0 Å². The van der Waals surface area contributed by atoms with Gasteiger partial charge in [0.2, 0.25) is 11.8 Å². The first kappa shape index (κ1) is 26.0. The monoisotopic (exact) mass is 576 g/mol. The number of fused-ring (bicyclic) bond motifs is 3. The molecule has 2 aliphatic heterocycles. The number of hydrogen-bond donors (Lipinski definition) is 2. The number of nitrogens with zero attached hydrogens (tertiary/aromatic N) is 2. The summed E-state index contributed by atoms with van der Waals surface area (Å²) in [6.45, 7) is 1.20. The number of alkyl halides is 2. The van der Waals surface area contributed by atoms with Crippen LogP contribution in [0.3, 0.4) is 0 Å². The number of halogens is 2. The third-order valence-electron chi connectivity index (χ3n) is 7.92. The summed E-state index contributed by atoms with van der Waals surface area (Å²) in [5, 5.41) is 4.93. The van der Waals surface area contributed by atoms with Crippen LogP contribution in [0.2, 0.25) is 0 Å². The number of H-pyrrole nitrogens is 1. The van der Waals surface area contributed by atoms with Gasteiger partial charge >= 0.3 is 0 Å². The normalized spacial score (nSPS) is 19.9. The smallest absolute Gasteiger partial charge is 0.299 e. The van der Waals surface area contributed by atoms with Crippen LogP contribution in [0.5, 0.6) is 0 Å². The van der Waals surface area contributed by atoms with Gasteiger partial charge < -0.3 is 24.7 Å². The molecule has 41 heavy (non-hydrogen) atoms. The molecule has 8 nitrogen and oxygen atoms in total. The van der Waals surface area contributed by atoms with Crippen LogP contribution in [-0.2, 0) is 38.0 Å². The predicted molar refractivity (Wildman–Crippen MR) is 147 cm³/mol. The summed E-state index contributed by atoms with van der Waals surface area (Å²) in [5.74, 6) is -3.95. The number of benzene rings is 2. The highest BCUT2D eigenvalue weighted by Gasteiger charge is 2.52. The number of carbonyl (C=O) groups excluding carboxylic acids is 2. The van der Waals surface area contributed by atoms with Gasteiger partial charge in [0.25, 0.3) is 5.92 Å². The minimum atomic E-state index is -3.09. The van der Waals surface area contributed by atoms with Crippen LogP contribution in [0, 0.1) is 0 Å². The Bertz CT molecular complexity index is 1630. The van der Waals surface area contributed by atoms with E-state index < -0.39 is 17.8 Å². The molecule has 2 fully saturated rings. The van der Waals surface area contributed by atoms with E-state index in [-0.39, 0.29) is 42.3 Å². The van der Waals surface area contributed by atoms with E-state index in [1.54, 1.807) is 42.7 Å². The molecule has 210 valence electrons. The zero-order valence-electron chi connectivity index (χ0n) is 21.9. The quantitative estimate of drug-likeness (QED) is 0.353. The van der Waals surface area contributed by atoms with Gasteiger partial charge in [0.1, 0.15) is 11.9 Å². The number of hydrogen-bond acceptors (Lipinski definition) is 6. The van der Waals surface area contributed by atoms with Crippen LogP contribution >= 0.6 is 11.3 Å². The largest absolute Gasteiger partial charge is 0.349 e. The van der Waals surface area contributed by atoms with Gasteiger partial charge in [0, 0.05) is 45.8 Å². The lowest BCUT2D eigenvalue weighted by Crippen LogP contribution is -2.46. The minimum Gasteiger partial charge on any atom is -0.349 e. The Morgan fingerprint density at radius 3 is 2.71 bits per heavy atom. The van der Waals surface area contributed by atoms with E-state index in [1.807, 2.05) is 11.4 Å². The molecule has 2 saturated heterocycles. The van der Waals surface area contributed by atoms with Crippen LogP contribution in [0.1, 0.15) is 28.0 Å². The van der Waals surface area contributed by atoms with Crippen molar-refractivity contribution in [1.82, 2.24) is 20.2 Å². The number of nitrogens with one attached hydrogen (secondary N) is 2. The molecule has 2 amide bonds. The molecule has 4 heterocycles. The van der Waals surface area contributed by atoms with Crippen molar-refractivity contribution < 1.29 is 27.8 Å². The van der Waals surface area contributed by atoms with E-state index in [9.17, 15) is 18.4 Å². The molecule has 3 aliphatic rings. The van der Waals surface area contributed by atoms with Crippen molar-refractivity contribution in [1.29, 1.82) is 0 Å². The minimum absolute atomic E-state index is 0.0331. The number of carbonyl (C=O) groups is 2. The second kappa shape index (κ2) is 9.86. The number of rotatable bonds is 6. The topological polar surface area (TPSA) is 96.6 Å². The maximum atomic E-state index is 15.0. The summed E-state index contributed by atoms with van der Waals surface area (Å²) in [6, 6.07) is 12.2. The second-order valence-electron chi connectivity index (χ2n) is 10.5. The van der Waals surface area contributed by atoms with Crippen molar-refractivity contribution in [2.75, 3.05) is 19.8 Å². The fourth-order valence-electron chi connectivity index (χ4n) is 5.97. The van der Waals surface area contributed by atoms with Gasteiger partial charge in [-0.2, -0.15) is 8.78 Å². The van der Waals surface area contributed by atoms with Crippen molar-refractivity contribution in [3.8, 4) is 22.5 Å². The molecule has 0 saturated carbocycles. The molecule has 1 spiro atoms. The third kappa shape index (κ3) is 4.54. The molecule has 7 rings (SSSR count). The van der Waals surface area contributed by atoms with E-state index in [1.165, 1.54) is 28.4 Å². The Labute approximate surface area is 238 Å². The summed E-state index contributed by atoms with van der Waals surface area (Å²) in [7, 11) is 0. The molecular formula is C30H26F2N4O4S. The van der Waals surface area contributed by atoms with Gasteiger partial charge in [0.05, 0.1) is 32.7 Å². The average molecular weight is 577 g/mol. The lowest BCUT2D eigenvalue weighted by molar-refractivity contribution is -0.152. The van der Waals surface area contributed by atoms with Crippen LogP contribution in [0.4, 0.5) is 8.78 Å². The van der Waals surface area contributed by atoms with Gasteiger partial charge in [0.15, 0.2) is 5.79 Å². The van der Waals surface area contributed by atoms with Crippen molar-refractivity contribution >= 4 is 23.2 Å². The van der Waals surface area contributed by atoms with E-state index in [0.717, 1.165) is 16.3 Å². The first-order chi connectivity index (χ1) is 19.8. The Kier molecular flexibility index (Phi) is 6.25. The number of imidazole rings is 1. The highest BCUT2D eigenvalue weighted by atomic mass is 32.1. The van der Waals surface area contributed by atoms with E-state index in [2.05, 4.69) is 15.3 Å². The molecule has 0 radical (unpaired) electrons. The zero-order chi connectivity index (χ0) is 28.2. The lowest BCUT2D eigenvalue weighted by Gasteiger charge is -2.24. The fraction of sp³-hybridized carbons (Fsp3) is 0.300. The van der Waals surface area contributed by atoms with Gasteiger partial charge in [-0.15, -0.1) is 11.3 Å². The summed E-state index contributed by atoms with van der Waals surface area (Å²) in [6.07, 6.45) is 3.61. The summed E-state index contributed by atoms with van der Waals surface area (Å²) < 4.78 is 41.7. The molecule has 0 bridgehead atoms. The number of aromatic nitrogens is 2. The molecule has 11 heteroatoms. The highest BCUT2D eigenvalue weighted by Crippen LogP contribution is 2.51. The molecule has 2 aromatic heterocycles. The maximum Gasteiger partial charge on any atom is 0.299 e. The highest BCUT2D eigenvalue weighted by molar-refractivity contribution is 7.10. The van der Waals surface area contributed by atoms with Crippen molar-refractivity contribution in [2.45, 2.75) is 37.1 Å². The van der Waals surface area contributed by atoms with E-state index >= 15 is 0 Å². The van der Waals surface area contributed by atoms with E-state index in [4.69, 9.17) is 9.47 Å². The average Bonchev–Trinajstić information content (AvgIpc) is 3.80. The Morgan fingerprint density at radius 2 is 1.90 bits per heavy atom. The number of amides is 2. The zero-order valence-corrected chi connectivity index (χ0v) is 22.7. The SMILES string of the molecule is O=C(NCc1cc(-c2ncc[nH]2)cs1)C1CC2(CN1C(=O)Cc1ccc3c(c1)-c1ccccc1C3(F)F)OCCO2. The molecule has 4 aromatic rings. The second-order valence-corrected chi connectivity index (χ2v) is 11.5. The van der Waals surface area contributed by atoms with Gasteiger partial charge in [-0.3, -0.25) is 9.59 Å². The predicted octanol–water partition coefficient (Wildman–Crippen LogP) is 4.46. The molecule has 1 unspecified atom stereocenters. The lowest BCUT2D eigenvalue weighted by atomic mass is 10.0. The molecule has 2 N–H and O–H groups in total. The molecule has 2 aromatic carbocycles. The number of aromatic amines is 1. The van der Waals surface area contributed by atoms with Crippen LogP contribution in [-0.4, -0.2) is 58.3 Å². The standard InChI is InChI=1S/C30H26F2N4O4S/c31-30(32)23-4-2-1-3-21(23)22-11-18(5-6-24(22)30)12-26(37)36-17-29(39-9-10-40-29)14-25(36)28(38)35-15-20-13-19(16-41-20)27-33-7-8-34-27/h1-8,11,13,16,25H,9-10,12,14-15,17H2,(H,33,34)(H,35,38). The van der Waals surface area contributed by atoms with Crippen LogP contribution in [0.25, 0.3) is 22.5 Å². The fourth-order valence-corrected chi connectivity index (χ4v) is 6.77. The molecule has 1 atom stereocenters. The van der Waals surface area contributed by atoms with Gasteiger partial charge in [-0.1, -0.05) is 42.5 Å². The number of likely N-dealkylation sites (tertiary alicyclic amines) is 1.